The number of carbonyl (C=O) groups excluding carboxylic acids is 1. The lowest BCUT2D eigenvalue weighted by Crippen LogP contribution is -2.77. The quantitative estimate of drug-likeness (QED) is 0.731. The third-order valence-electron chi connectivity index (χ3n) is 10.3. The first-order valence-corrected chi connectivity index (χ1v) is 12.7. The number of benzene rings is 1. The van der Waals surface area contributed by atoms with Crippen molar-refractivity contribution in [3.05, 3.63) is 42.2 Å². The van der Waals surface area contributed by atoms with Crippen molar-refractivity contribution < 1.29 is 4.79 Å². The molecule has 0 bridgehead atoms. The van der Waals surface area contributed by atoms with E-state index in [1.165, 1.54) is 44.2 Å². The van der Waals surface area contributed by atoms with Crippen LogP contribution in [0.25, 0.3) is 0 Å². The topological polar surface area (TPSA) is 61.4 Å². The number of amides is 1. The molecule has 2 saturated heterocycles. The molecule has 6 heteroatoms. The number of aromatic nitrogens is 2. The molecular weight excluding hydrogens is 410 g/mol. The van der Waals surface area contributed by atoms with Crippen molar-refractivity contribution in [1.82, 2.24) is 14.9 Å². The molecule has 2 aliphatic heterocycles. The zero-order chi connectivity index (χ0) is 22.4. The van der Waals surface area contributed by atoms with Crippen LogP contribution in [0.15, 0.2) is 36.5 Å². The second kappa shape index (κ2) is 6.49. The number of nitrogens with one attached hydrogen (secondary N) is 1. The van der Waals surface area contributed by atoms with Crippen LogP contribution in [-0.2, 0) is 0 Å². The van der Waals surface area contributed by atoms with Gasteiger partial charge in [0.25, 0.3) is 5.91 Å². The van der Waals surface area contributed by atoms with Gasteiger partial charge in [-0.2, -0.15) is 0 Å². The third-order valence-corrected chi connectivity index (χ3v) is 10.3. The van der Waals surface area contributed by atoms with E-state index in [0.29, 0.717) is 33.9 Å². The molecule has 1 aromatic heterocycles. The summed E-state index contributed by atoms with van der Waals surface area (Å²) in [4.78, 5) is 26.8. The van der Waals surface area contributed by atoms with Crippen LogP contribution in [0.5, 0.6) is 0 Å². The van der Waals surface area contributed by atoms with Gasteiger partial charge in [-0.25, -0.2) is 9.97 Å². The van der Waals surface area contributed by atoms with Crippen LogP contribution in [0.2, 0.25) is 0 Å². The van der Waals surface area contributed by atoms with Gasteiger partial charge in [-0.05, 0) is 85.6 Å². The number of hydrogen-bond donors (Lipinski definition) is 1. The lowest BCUT2D eigenvalue weighted by Gasteiger charge is -2.70. The van der Waals surface area contributed by atoms with Crippen LogP contribution < -0.4 is 10.2 Å². The van der Waals surface area contributed by atoms with Gasteiger partial charge in [0.2, 0.25) is 5.95 Å². The molecule has 5 fully saturated rings. The number of carbonyl (C=O) groups is 1. The van der Waals surface area contributed by atoms with Crippen molar-refractivity contribution in [2.75, 3.05) is 29.9 Å². The van der Waals surface area contributed by atoms with E-state index in [0.717, 1.165) is 31.2 Å². The smallest absolute Gasteiger partial charge is 0.272 e. The summed E-state index contributed by atoms with van der Waals surface area (Å²) in [5, 5.41) is 3.29. The van der Waals surface area contributed by atoms with E-state index in [1.54, 1.807) is 12.3 Å². The summed E-state index contributed by atoms with van der Waals surface area (Å²) in [5.74, 6) is 1.43. The monoisotopic (exact) mass is 443 g/mol. The van der Waals surface area contributed by atoms with Crippen LogP contribution in [0, 0.1) is 22.2 Å². The van der Waals surface area contributed by atoms with E-state index in [2.05, 4.69) is 63.2 Å². The van der Waals surface area contributed by atoms with E-state index in [1.807, 2.05) is 0 Å². The first kappa shape index (κ1) is 19.8. The van der Waals surface area contributed by atoms with Gasteiger partial charge in [0, 0.05) is 48.7 Å². The molecule has 5 aliphatic rings. The Morgan fingerprint density at radius 2 is 1.88 bits per heavy atom. The molecule has 172 valence electrons. The predicted molar refractivity (Wildman–Crippen MR) is 129 cm³/mol. The minimum absolute atomic E-state index is 0.0632. The molecule has 1 N–H and O–H groups in total. The summed E-state index contributed by atoms with van der Waals surface area (Å²) < 4.78 is 0. The lowest BCUT2D eigenvalue weighted by molar-refractivity contribution is -0.197. The molecule has 4 unspecified atom stereocenters. The summed E-state index contributed by atoms with van der Waals surface area (Å²) in [7, 11) is 0. The maximum absolute atomic E-state index is 13.3. The first-order chi connectivity index (χ1) is 16.0. The van der Waals surface area contributed by atoms with E-state index in [-0.39, 0.29) is 5.91 Å². The summed E-state index contributed by atoms with van der Waals surface area (Å²) in [6, 6.07) is 10.6. The maximum atomic E-state index is 13.3. The second-order valence-electron chi connectivity index (χ2n) is 11.6. The number of likely N-dealkylation sites (tertiary alicyclic amines) is 1. The molecule has 4 atom stereocenters. The van der Waals surface area contributed by atoms with Gasteiger partial charge in [0.05, 0.1) is 0 Å². The number of hydrogen-bond acceptors (Lipinski definition) is 5. The van der Waals surface area contributed by atoms with Crippen molar-refractivity contribution in [3.8, 4) is 0 Å². The Kier molecular flexibility index (Phi) is 3.89. The number of anilines is 3. The highest BCUT2D eigenvalue weighted by molar-refractivity contribution is 5.94. The Hall–Kier alpha value is -2.63. The number of nitrogens with zero attached hydrogens (tertiary/aromatic N) is 4. The molecule has 3 aliphatic carbocycles. The maximum Gasteiger partial charge on any atom is 0.272 e. The third kappa shape index (κ3) is 2.42. The van der Waals surface area contributed by atoms with Gasteiger partial charge < -0.3 is 15.1 Å². The largest absolute Gasteiger partial charge is 0.372 e. The Morgan fingerprint density at radius 3 is 2.61 bits per heavy atom. The van der Waals surface area contributed by atoms with Crippen molar-refractivity contribution in [3.63, 3.8) is 0 Å². The Morgan fingerprint density at radius 1 is 1.09 bits per heavy atom. The van der Waals surface area contributed by atoms with Crippen molar-refractivity contribution >= 4 is 23.2 Å². The zero-order valence-electron chi connectivity index (χ0n) is 19.7. The van der Waals surface area contributed by atoms with Gasteiger partial charge in [0.1, 0.15) is 5.69 Å². The van der Waals surface area contributed by atoms with E-state index < -0.39 is 0 Å². The zero-order valence-corrected chi connectivity index (χ0v) is 19.7. The Labute approximate surface area is 195 Å². The van der Waals surface area contributed by atoms with Crippen LogP contribution in [-0.4, -0.2) is 46.5 Å². The van der Waals surface area contributed by atoms with Crippen molar-refractivity contribution in [2.45, 2.75) is 58.4 Å². The highest BCUT2D eigenvalue weighted by atomic mass is 16.2. The summed E-state index contributed by atoms with van der Waals surface area (Å²) in [5.41, 5.74) is 4.12. The van der Waals surface area contributed by atoms with Crippen LogP contribution in [0.4, 0.5) is 17.3 Å². The fourth-order valence-corrected chi connectivity index (χ4v) is 8.60. The predicted octanol–water partition coefficient (Wildman–Crippen LogP) is 4.86. The summed E-state index contributed by atoms with van der Waals surface area (Å²) in [6.45, 7) is 8.08. The Balaban J connectivity index is 1.03. The van der Waals surface area contributed by atoms with Crippen LogP contribution in [0.3, 0.4) is 0 Å². The molecule has 7 rings (SSSR count). The first-order valence-electron chi connectivity index (χ1n) is 12.7. The van der Waals surface area contributed by atoms with Gasteiger partial charge in [-0.1, -0.05) is 13.8 Å². The van der Waals surface area contributed by atoms with Crippen molar-refractivity contribution in [2.24, 2.45) is 22.2 Å². The fraction of sp³-hybridized carbons (Fsp3) is 0.593. The molecule has 6 nitrogen and oxygen atoms in total. The fourth-order valence-electron chi connectivity index (χ4n) is 8.60. The SMILES string of the molecule is CC1(C)C2CCC34CN(C(=O)c5ccnc(Nc6ccc(N7CCCCC7)cc6)n5)C3CC214. The van der Waals surface area contributed by atoms with Gasteiger partial charge in [-0.3, -0.25) is 4.79 Å². The lowest BCUT2D eigenvalue weighted by atomic mass is 9.46. The molecule has 2 aromatic rings. The molecule has 1 aromatic carbocycles. The van der Waals surface area contributed by atoms with Gasteiger partial charge in [-0.15, -0.1) is 0 Å². The van der Waals surface area contributed by atoms with Gasteiger partial charge >= 0.3 is 0 Å². The van der Waals surface area contributed by atoms with Crippen LogP contribution >= 0.6 is 0 Å². The molecule has 33 heavy (non-hydrogen) atoms. The highest BCUT2D eigenvalue weighted by Crippen LogP contribution is 2.93. The molecule has 3 saturated carbocycles. The average molecular weight is 444 g/mol. The normalized spacial score (nSPS) is 35.0. The molecular formula is C27H33N5O. The minimum Gasteiger partial charge on any atom is -0.372 e. The summed E-state index contributed by atoms with van der Waals surface area (Å²) in [6.07, 6.45) is 9.41. The molecule has 3 heterocycles. The van der Waals surface area contributed by atoms with Crippen molar-refractivity contribution in [1.29, 1.82) is 0 Å². The average Bonchev–Trinajstić information content (AvgIpc) is 3.16. The summed E-state index contributed by atoms with van der Waals surface area (Å²) >= 11 is 0. The standard InChI is InChI=1S/C27H33N5O/c1-25(2)21-10-12-26-17-32(22(26)16-27(21,25)26)23(33)20-11-13-28-24(30-20)29-18-6-8-19(9-7-18)31-14-4-3-5-15-31/h6-9,11,13,21-22H,3-5,10,12,14-17H2,1-2H3,(H,28,29,30). The molecule has 0 radical (unpaired) electrons. The second-order valence-corrected chi connectivity index (χ2v) is 11.6. The highest BCUT2D eigenvalue weighted by Gasteiger charge is 2.92. The van der Waals surface area contributed by atoms with Gasteiger partial charge in [0.15, 0.2) is 0 Å². The molecule has 1 amide bonds. The number of piperidine rings is 2. The van der Waals surface area contributed by atoms with E-state index >= 15 is 0 Å². The minimum atomic E-state index is 0.0632. The Bertz CT molecular complexity index is 1120. The van der Waals surface area contributed by atoms with E-state index in [9.17, 15) is 4.79 Å². The van der Waals surface area contributed by atoms with Crippen LogP contribution in [0.1, 0.15) is 62.9 Å². The molecule has 2 spiro atoms. The van der Waals surface area contributed by atoms with E-state index in [4.69, 9.17) is 0 Å². The number of rotatable bonds is 4.